The van der Waals surface area contributed by atoms with Gasteiger partial charge in [-0.2, -0.15) is 0 Å². The lowest BCUT2D eigenvalue weighted by atomic mass is 9.95. The van der Waals surface area contributed by atoms with E-state index in [9.17, 15) is 0 Å². The first-order valence-electron chi connectivity index (χ1n) is 6.55. The van der Waals surface area contributed by atoms with Crippen LogP contribution < -0.4 is 10.1 Å². The van der Waals surface area contributed by atoms with Gasteiger partial charge in [-0.05, 0) is 49.2 Å². The van der Waals surface area contributed by atoms with E-state index < -0.39 is 0 Å². The van der Waals surface area contributed by atoms with Crippen LogP contribution in [0.15, 0.2) is 36.4 Å². The standard InChI is InChI=1S/C17H21NO/c1-12-9-14(10-13(2)16(12)11-18-3)15-7-5-6-8-17(15)19-4/h5-10,18H,11H2,1-4H3. The number of nitrogens with one attached hydrogen (secondary N) is 1. The minimum atomic E-state index is 0.907. The van der Waals surface area contributed by atoms with Gasteiger partial charge in [0, 0.05) is 12.1 Å². The highest BCUT2D eigenvalue weighted by atomic mass is 16.5. The molecule has 0 unspecified atom stereocenters. The molecule has 0 aliphatic heterocycles. The second kappa shape index (κ2) is 5.89. The van der Waals surface area contributed by atoms with Gasteiger partial charge in [-0.3, -0.25) is 0 Å². The van der Waals surface area contributed by atoms with Crippen LogP contribution in [-0.4, -0.2) is 14.2 Å². The molecule has 0 saturated carbocycles. The molecule has 0 amide bonds. The van der Waals surface area contributed by atoms with E-state index in [1.807, 2.05) is 25.2 Å². The van der Waals surface area contributed by atoms with E-state index in [1.165, 1.54) is 22.3 Å². The van der Waals surface area contributed by atoms with Gasteiger partial charge in [-0.15, -0.1) is 0 Å². The number of benzene rings is 2. The van der Waals surface area contributed by atoms with Crippen molar-refractivity contribution in [2.45, 2.75) is 20.4 Å². The quantitative estimate of drug-likeness (QED) is 0.899. The monoisotopic (exact) mass is 255 g/mol. The van der Waals surface area contributed by atoms with E-state index in [1.54, 1.807) is 7.11 Å². The van der Waals surface area contributed by atoms with Crippen LogP contribution >= 0.6 is 0 Å². The third kappa shape index (κ3) is 2.79. The molecule has 0 aliphatic rings. The van der Waals surface area contributed by atoms with Gasteiger partial charge in [0.05, 0.1) is 7.11 Å². The fourth-order valence-corrected chi connectivity index (χ4v) is 2.49. The predicted molar refractivity (Wildman–Crippen MR) is 80.7 cm³/mol. The zero-order valence-electron chi connectivity index (χ0n) is 12.1. The predicted octanol–water partition coefficient (Wildman–Crippen LogP) is 3.70. The SMILES string of the molecule is CNCc1c(C)cc(-c2ccccc2OC)cc1C. The fraction of sp³-hybridized carbons (Fsp3) is 0.294. The van der Waals surface area contributed by atoms with Crippen molar-refractivity contribution in [2.24, 2.45) is 0 Å². The van der Waals surface area contributed by atoms with Gasteiger partial charge in [0.1, 0.15) is 5.75 Å². The number of hydrogen-bond acceptors (Lipinski definition) is 2. The largest absolute Gasteiger partial charge is 0.496 e. The van der Waals surface area contributed by atoms with E-state index in [0.717, 1.165) is 17.9 Å². The van der Waals surface area contributed by atoms with Crippen LogP contribution in [0.4, 0.5) is 0 Å². The van der Waals surface area contributed by atoms with Crippen LogP contribution in [0.25, 0.3) is 11.1 Å². The topological polar surface area (TPSA) is 21.3 Å². The highest BCUT2D eigenvalue weighted by molar-refractivity contribution is 5.72. The Morgan fingerprint density at radius 1 is 1.05 bits per heavy atom. The lowest BCUT2D eigenvalue weighted by Crippen LogP contribution is -2.08. The summed E-state index contributed by atoms with van der Waals surface area (Å²) >= 11 is 0. The summed E-state index contributed by atoms with van der Waals surface area (Å²) in [5, 5.41) is 3.22. The molecule has 2 aromatic carbocycles. The van der Waals surface area contributed by atoms with Gasteiger partial charge in [-0.1, -0.05) is 30.3 Å². The fourth-order valence-electron chi connectivity index (χ4n) is 2.49. The van der Waals surface area contributed by atoms with Gasteiger partial charge in [0.2, 0.25) is 0 Å². The molecule has 0 aromatic heterocycles. The number of hydrogen-bond donors (Lipinski definition) is 1. The summed E-state index contributed by atoms with van der Waals surface area (Å²) in [4.78, 5) is 0. The Hall–Kier alpha value is -1.80. The molecule has 0 atom stereocenters. The Morgan fingerprint density at radius 2 is 1.68 bits per heavy atom. The lowest BCUT2D eigenvalue weighted by Gasteiger charge is -2.14. The summed E-state index contributed by atoms with van der Waals surface area (Å²) < 4.78 is 5.44. The van der Waals surface area contributed by atoms with Crippen molar-refractivity contribution in [1.29, 1.82) is 0 Å². The second-order valence-electron chi connectivity index (χ2n) is 4.82. The van der Waals surface area contributed by atoms with Crippen molar-refractivity contribution < 1.29 is 4.74 Å². The van der Waals surface area contributed by atoms with Crippen LogP contribution in [-0.2, 0) is 6.54 Å². The molecular formula is C17H21NO. The highest BCUT2D eigenvalue weighted by Gasteiger charge is 2.09. The zero-order valence-corrected chi connectivity index (χ0v) is 12.1. The molecule has 2 aromatic rings. The molecule has 0 saturated heterocycles. The molecule has 2 heteroatoms. The van der Waals surface area contributed by atoms with Gasteiger partial charge < -0.3 is 10.1 Å². The number of ether oxygens (including phenoxy) is 1. The minimum absolute atomic E-state index is 0.907. The van der Waals surface area contributed by atoms with Gasteiger partial charge in [0.15, 0.2) is 0 Å². The Balaban J connectivity index is 2.52. The molecule has 19 heavy (non-hydrogen) atoms. The van der Waals surface area contributed by atoms with Crippen molar-refractivity contribution in [3.8, 4) is 16.9 Å². The Kier molecular flexibility index (Phi) is 4.23. The Bertz CT molecular complexity index is 552. The molecule has 0 fully saturated rings. The average molecular weight is 255 g/mol. The molecule has 0 heterocycles. The summed E-state index contributed by atoms with van der Waals surface area (Å²) in [5.41, 5.74) is 6.37. The molecule has 0 bridgehead atoms. The van der Waals surface area contributed by atoms with Crippen molar-refractivity contribution in [3.05, 3.63) is 53.1 Å². The van der Waals surface area contributed by atoms with Gasteiger partial charge in [0.25, 0.3) is 0 Å². The smallest absolute Gasteiger partial charge is 0.126 e. The summed E-state index contributed by atoms with van der Waals surface area (Å²) in [5.74, 6) is 0.919. The van der Waals surface area contributed by atoms with Crippen molar-refractivity contribution >= 4 is 0 Å². The minimum Gasteiger partial charge on any atom is -0.496 e. The second-order valence-corrected chi connectivity index (χ2v) is 4.82. The third-order valence-corrected chi connectivity index (χ3v) is 3.47. The molecule has 0 radical (unpaired) electrons. The summed E-state index contributed by atoms with van der Waals surface area (Å²) in [6.07, 6.45) is 0. The van der Waals surface area contributed by atoms with Gasteiger partial charge in [-0.25, -0.2) is 0 Å². The summed E-state index contributed by atoms with van der Waals surface area (Å²) in [6.45, 7) is 5.24. The van der Waals surface area contributed by atoms with E-state index in [4.69, 9.17) is 4.74 Å². The molecule has 2 nitrogen and oxygen atoms in total. The third-order valence-electron chi connectivity index (χ3n) is 3.47. The first kappa shape index (κ1) is 13.6. The lowest BCUT2D eigenvalue weighted by molar-refractivity contribution is 0.416. The maximum atomic E-state index is 5.44. The number of methoxy groups -OCH3 is 1. The van der Waals surface area contributed by atoms with E-state index in [-0.39, 0.29) is 0 Å². The molecule has 0 spiro atoms. The van der Waals surface area contributed by atoms with Crippen molar-refractivity contribution in [1.82, 2.24) is 5.32 Å². The van der Waals surface area contributed by atoms with Crippen LogP contribution in [0, 0.1) is 13.8 Å². The summed E-state index contributed by atoms with van der Waals surface area (Å²) in [7, 11) is 3.70. The van der Waals surface area contributed by atoms with Crippen molar-refractivity contribution in [3.63, 3.8) is 0 Å². The maximum Gasteiger partial charge on any atom is 0.126 e. The van der Waals surface area contributed by atoms with Crippen LogP contribution in [0.1, 0.15) is 16.7 Å². The molecule has 1 N–H and O–H groups in total. The number of para-hydroxylation sites is 1. The van der Waals surface area contributed by atoms with Crippen molar-refractivity contribution in [2.75, 3.05) is 14.2 Å². The first-order valence-corrected chi connectivity index (χ1v) is 6.55. The van der Waals surface area contributed by atoms with Crippen LogP contribution in [0.2, 0.25) is 0 Å². The molecular weight excluding hydrogens is 234 g/mol. The van der Waals surface area contributed by atoms with Gasteiger partial charge >= 0.3 is 0 Å². The zero-order chi connectivity index (χ0) is 13.8. The maximum absolute atomic E-state index is 5.44. The molecule has 2 rings (SSSR count). The average Bonchev–Trinajstić information content (AvgIpc) is 2.42. The Labute approximate surface area is 115 Å². The molecule has 100 valence electrons. The number of rotatable bonds is 4. The first-order chi connectivity index (χ1) is 9.17. The van der Waals surface area contributed by atoms with E-state index >= 15 is 0 Å². The van der Waals surface area contributed by atoms with E-state index in [0.29, 0.717) is 0 Å². The highest BCUT2D eigenvalue weighted by Crippen LogP contribution is 2.32. The van der Waals surface area contributed by atoms with Crippen LogP contribution in [0.5, 0.6) is 5.75 Å². The molecule has 0 aliphatic carbocycles. The van der Waals surface area contributed by atoms with Crippen LogP contribution in [0.3, 0.4) is 0 Å². The summed E-state index contributed by atoms with van der Waals surface area (Å²) in [6, 6.07) is 12.6. The Morgan fingerprint density at radius 3 is 2.26 bits per heavy atom. The number of aryl methyl sites for hydroxylation is 2. The normalized spacial score (nSPS) is 10.5. The van der Waals surface area contributed by atoms with E-state index in [2.05, 4.69) is 37.4 Å².